The number of methoxy groups -OCH3 is 1. The Morgan fingerprint density at radius 1 is 1.28 bits per heavy atom. The molecule has 2 aliphatic carbocycles. The van der Waals surface area contributed by atoms with Gasteiger partial charge in [0, 0.05) is 16.6 Å². The lowest BCUT2D eigenvalue weighted by Crippen LogP contribution is -2.51. The van der Waals surface area contributed by atoms with Crippen molar-refractivity contribution in [2.24, 2.45) is 0 Å². The van der Waals surface area contributed by atoms with Gasteiger partial charge in [-0.2, -0.15) is 0 Å². The average Bonchev–Trinajstić information content (AvgIpc) is 3.43. The molecule has 1 amide bonds. The largest absolute Gasteiger partial charge is 0.497 e. The molecule has 8 heteroatoms. The van der Waals surface area contributed by atoms with Crippen molar-refractivity contribution in [2.75, 3.05) is 7.11 Å². The van der Waals surface area contributed by atoms with Crippen LogP contribution in [0.1, 0.15) is 62.2 Å². The number of nitrogens with one attached hydrogen (secondary N) is 2. The molecule has 0 radical (unpaired) electrons. The van der Waals surface area contributed by atoms with Gasteiger partial charge in [0.2, 0.25) is 5.91 Å². The molecule has 0 unspecified atom stereocenters. The molecule has 2 N–H and O–H groups in total. The number of amides is 1. The number of ether oxygens (including phenoxy) is 1. The Morgan fingerprint density at radius 3 is 2.90 bits per heavy atom. The number of carbonyl (C=O) groups is 1. The lowest BCUT2D eigenvalue weighted by Gasteiger charge is -2.37. The van der Waals surface area contributed by atoms with Gasteiger partial charge in [-0.05, 0) is 66.3 Å². The number of carbonyl (C=O) groups excluding carboxylic acids is 1. The molecule has 0 bridgehead atoms. The third-order valence-electron chi connectivity index (χ3n) is 6.61. The number of hydrogen-bond donors (Lipinski definition) is 2. The van der Waals surface area contributed by atoms with Gasteiger partial charge >= 0.3 is 0 Å². The van der Waals surface area contributed by atoms with Gasteiger partial charge in [-0.3, -0.25) is 4.79 Å². The van der Waals surface area contributed by atoms with Gasteiger partial charge in [-0.1, -0.05) is 19.3 Å². The number of hydrogen-bond acceptors (Lipinski definition) is 5. The van der Waals surface area contributed by atoms with Crippen molar-refractivity contribution in [3.05, 3.63) is 35.8 Å². The summed E-state index contributed by atoms with van der Waals surface area (Å²) in [4.78, 5) is 17.1. The number of nitrogens with zero attached hydrogens (tertiary/aromatic N) is 4. The molecular weight excluding hydrogens is 368 g/mol. The first-order valence-electron chi connectivity index (χ1n) is 10.4. The highest BCUT2D eigenvalue weighted by Crippen LogP contribution is 2.39. The molecule has 5 rings (SSSR count). The van der Waals surface area contributed by atoms with Gasteiger partial charge in [-0.25, -0.2) is 4.68 Å². The van der Waals surface area contributed by atoms with Crippen LogP contribution in [-0.4, -0.2) is 38.2 Å². The highest BCUT2D eigenvalue weighted by molar-refractivity contribution is 5.88. The molecule has 1 aromatic carbocycles. The summed E-state index contributed by atoms with van der Waals surface area (Å²) in [5, 5.41) is 16.2. The molecule has 2 heterocycles. The van der Waals surface area contributed by atoms with Gasteiger partial charge in [0.1, 0.15) is 17.6 Å². The Bertz CT molecular complexity index is 1020. The third kappa shape index (κ3) is 2.97. The molecule has 2 aromatic heterocycles. The summed E-state index contributed by atoms with van der Waals surface area (Å²) < 4.78 is 7.07. The van der Waals surface area contributed by atoms with Crippen LogP contribution in [-0.2, 0) is 16.8 Å². The van der Waals surface area contributed by atoms with Crippen LogP contribution >= 0.6 is 0 Å². The molecule has 1 atom stereocenters. The molecule has 2 aliphatic rings. The van der Waals surface area contributed by atoms with Crippen LogP contribution in [0.4, 0.5) is 0 Å². The SMILES string of the molecule is COc1ccc2[nH]c3c(c2c1)CCC[C@@H]3NC(=O)C1(n2cnnn2)CCCCC1. The minimum absolute atomic E-state index is 0.0265. The first-order valence-corrected chi connectivity index (χ1v) is 10.4. The van der Waals surface area contributed by atoms with Crippen molar-refractivity contribution in [2.45, 2.75) is 62.9 Å². The molecule has 152 valence electrons. The molecule has 1 saturated carbocycles. The molecule has 0 spiro atoms. The summed E-state index contributed by atoms with van der Waals surface area (Å²) in [5.41, 5.74) is 2.81. The number of benzene rings is 1. The Hall–Kier alpha value is -2.90. The highest BCUT2D eigenvalue weighted by atomic mass is 16.5. The summed E-state index contributed by atoms with van der Waals surface area (Å²) in [6.07, 6.45) is 9.26. The smallest absolute Gasteiger partial charge is 0.248 e. The predicted molar refractivity (Wildman–Crippen MR) is 108 cm³/mol. The van der Waals surface area contributed by atoms with Gasteiger partial charge < -0.3 is 15.0 Å². The fraction of sp³-hybridized carbons (Fsp3) is 0.524. The zero-order valence-electron chi connectivity index (χ0n) is 16.6. The van der Waals surface area contributed by atoms with E-state index in [4.69, 9.17) is 4.74 Å². The first kappa shape index (κ1) is 18.1. The number of tetrazole rings is 1. The highest BCUT2D eigenvalue weighted by Gasteiger charge is 2.43. The summed E-state index contributed by atoms with van der Waals surface area (Å²) in [7, 11) is 1.69. The summed E-state index contributed by atoms with van der Waals surface area (Å²) in [6.45, 7) is 0. The van der Waals surface area contributed by atoms with Crippen LogP contribution in [0.2, 0.25) is 0 Å². The monoisotopic (exact) mass is 394 g/mol. The van der Waals surface area contributed by atoms with Crippen LogP contribution in [0.15, 0.2) is 24.5 Å². The number of H-pyrrole nitrogens is 1. The fourth-order valence-electron chi connectivity index (χ4n) is 5.06. The minimum atomic E-state index is -0.686. The van der Waals surface area contributed by atoms with Crippen LogP contribution in [0.5, 0.6) is 5.75 Å². The van der Waals surface area contributed by atoms with Crippen molar-refractivity contribution in [1.82, 2.24) is 30.5 Å². The van der Waals surface area contributed by atoms with E-state index in [1.807, 2.05) is 6.07 Å². The average molecular weight is 394 g/mol. The summed E-state index contributed by atoms with van der Waals surface area (Å²) >= 11 is 0. The van der Waals surface area contributed by atoms with Gasteiger partial charge in [0.25, 0.3) is 0 Å². The Kier molecular flexibility index (Phi) is 4.49. The number of aryl methyl sites for hydroxylation is 1. The van der Waals surface area contributed by atoms with Crippen molar-refractivity contribution in [3.8, 4) is 5.75 Å². The van der Waals surface area contributed by atoms with Gasteiger partial charge in [0.05, 0.1) is 13.2 Å². The molecule has 29 heavy (non-hydrogen) atoms. The zero-order chi connectivity index (χ0) is 19.8. The van der Waals surface area contributed by atoms with Crippen molar-refractivity contribution in [3.63, 3.8) is 0 Å². The minimum Gasteiger partial charge on any atom is -0.497 e. The number of aromatic amines is 1. The topological polar surface area (TPSA) is 97.7 Å². The normalized spacial score (nSPS) is 20.9. The molecular formula is C21H26N6O2. The van der Waals surface area contributed by atoms with Crippen molar-refractivity contribution in [1.29, 1.82) is 0 Å². The Morgan fingerprint density at radius 2 is 2.14 bits per heavy atom. The Balaban J connectivity index is 1.47. The van der Waals surface area contributed by atoms with E-state index in [0.29, 0.717) is 0 Å². The maximum absolute atomic E-state index is 13.6. The van der Waals surface area contributed by atoms with E-state index in [1.54, 1.807) is 18.1 Å². The van der Waals surface area contributed by atoms with Crippen LogP contribution in [0.25, 0.3) is 10.9 Å². The van der Waals surface area contributed by atoms with E-state index >= 15 is 0 Å². The standard InChI is InChI=1S/C21H26N6O2/c1-29-14-8-9-17-16(12-14)15-6-5-7-18(19(15)23-17)24-20(28)21(10-3-2-4-11-21)27-13-22-25-26-27/h8-9,12-13,18,23H,2-7,10-11H2,1H3,(H,24,28)/t18-/m0/s1. The predicted octanol–water partition coefficient (Wildman–Crippen LogP) is 3.02. The molecule has 3 aromatic rings. The molecule has 8 nitrogen and oxygen atoms in total. The van der Waals surface area contributed by atoms with Crippen molar-refractivity contribution < 1.29 is 9.53 Å². The van der Waals surface area contributed by atoms with E-state index < -0.39 is 5.54 Å². The Labute approximate surface area is 169 Å². The van der Waals surface area contributed by atoms with Gasteiger partial charge in [0.15, 0.2) is 0 Å². The first-order chi connectivity index (χ1) is 14.2. The second-order valence-corrected chi connectivity index (χ2v) is 8.19. The summed E-state index contributed by atoms with van der Waals surface area (Å²) in [6, 6.07) is 6.07. The van der Waals surface area contributed by atoms with Crippen molar-refractivity contribution >= 4 is 16.8 Å². The molecule has 0 saturated heterocycles. The van der Waals surface area contributed by atoms with Crippen LogP contribution in [0.3, 0.4) is 0 Å². The van der Waals surface area contributed by atoms with E-state index in [1.165, 1.54) is 10.9 Å². The van der Waals surface area contributed by atoms with E-state index in [2.05, 4.69) is 38.0 Å². The maximum atomic E-state index is 13.6. The third-order valence-corrected chi connectivity index (χ3v) is 6.61. The quantitative estimate of drug-likeness (QED) is 0.709. The van der Waals surface area contributed by atoms with Crippen LogP contribution in [0, 0.1) is 0 Å². The lowest BCUT2D eigenvalue weighted by molar-refractivity contribution is -0.133. The van der Waals surface area contributed by atoms with E-state index in [0.717, 1.165) is 68.3 Å². The molecule has 0 aliphatic heterocycles. The maximum Gasteiger partial charge on any atom is 0.248 e. The van der Waals surface area contributed by atoms with E-state index in [-0.39, 0.29) is 11.9 Å². The number of rotatable bonds is 4. The number of aromatic nitrogens is 5. The lowest BCUT2D eigenvalue weighted by atomic mass is 9.80. The second kappa shape index (κ2) is 7.17. The number of fused-ring (bicyclic) bond motifs is 3. The fourth-order valence-corrected chi connectivity index (χ4v) is 5.06. The van der Waals surface area contributed by atoms with Crippen LogP contribution < -0.4 is 10.1 Å². The molecule has 1 fully saturated rings. The van der Waals surface area contributed by atoms with Gasteiger partial charge in [-0.15, -0.1) is 5.10 Å². The second-order valence-electron chi connectivity index (χ2n) is 8.19. The zero-order valence-corrected chi connectivity index (χ0v) is 16.6. The summed E-state index contributed by atoms with van der Waals surface area (Å²) in [5.74, 6) is 0.879. The van der Waals surface area contributed by atoms with E-state index in [9.17, 15) is 4.79 Å².